The van der Waals surface area contributed by atoms with Gasteiger partial charge in [0.15, 0.2) is 0 Å². The van der Waals surface area contributed by atoms with E-state index in [0.29, 0.717) is 22.8 Å². The van der Waals surface area contributed by atoms with Gasteiger partial charge in [-0.2, -0.15) is 0 Å². The fourth-order valence-corrected chi connectivity index (χ4v) is 3.12. The van der Waals surface area contributed by atoms with Crippen LogP contribution in [0.3, 0.4) is 0 Å². The van der Waals surface area contributed by atoms with Crippen LogP contribution in [0.5, 0.6) is 0 Å². The quantitative estimate of drug-likeness (QED) is 0.786. The third-order valence-electron chi connectivity index (χ3n) is 2.95. The summed E-state index contributed by atoms with van der Waals surface area (Å²) in [5, 5.41) is 2.92. The molecule has 0 aromatic heterocycles. The van der Waals surface area contributed by atoms with Crippen LogP contribution in [-0.4, -0.2) is 20.9 Å². The normalized spacial score (nSPS) is 10.8. The minimum atomic E-state index is -3.78. The van der Waals surface area contributed by atoms with Gasteiger partial charge in [0.1, 0.15) is 0 Å². The fraction of sp³-hybridized carbons (Fsp3) is 0.0625. The number of rotatable bonds is 6. The minimum absolute atomic E-state index is 0.0395. The van der Waals surface area contributed by atoms with E-state index in [-0.39, 0.29) is 10.8 Å². The maximum atomic E-state index is 12.3. The summed E-state index contributed by atoms with van der Waals surface area (Å²) in [6.45, 7) is 3.85. The van der Waals surface area contributed by atoms with E-state index in [1.54, 1.807) is 30.3 Å². The van der Waals surface area contributed by atoms with Crippen molar-refractivity contribution in [3.63, 3.8) is 0 Å². The Kier molecular flexibility index (Phi) is 5.41. The Bertz CT molecular complexity index is 817. The van der Waals surface area contributed by atoms with Gasteiger partial charge in [0.2, 0.25) is 0 Å². The number of hydrogen-bond acceptors (Lipinski definition) is 3. The van der Waals surface area contributed by atoms with E-state index in [1.807, 2.05) is 0 Å². The lowest BCUT2D eigenvalue weighted by Gasteiger charge is -2.10. The first-order chi connectivity index (χ1) is 10.9. The van der Waals surface area contributed by atoms with Crippen molar-refractivity contribution in [2.75, 3.05) is 11.3 Å². The molecule has 23 heavy (non-hydrogen) atoms. The number of amides is 1. The maximum absolute atomic E-state index is 12.3. The molecule has 5 nitrogen and oxygen atoms in total. The molecule has 0 aliphatic rings. The van der Waals surface area contributed by atoms with Gasteiger partial charge in [-0.15, -0.1) is 6.58 Å². The van der Waals surface area contributed by atoms with Crippen LogP contribution < -0.4 is 10.0 Å². The first kappa shape index (κ1) is 17.1. The first-order valence-electron chi connectivity index (χ1n) is 6.70. The Balaban J connectivity index is 2.19. The summed E-state index contributed by atoms with van der Waals surface area (Å²) in [6.07, 6.45) is 1.56. The predicted molar refractivity (Wildman–Crippen MR) is 91.2 cm³/mol. The highest BCUT2D eigenvalue weighted by molar-refractivity contribution is 7.92. The summed E-state index contributed by atoms with van der Waals surface area (Å²) in [5.74, 6) is -0.298. The number of hydrogen-bond donors (Lipinski definition) is 2. The molecule has 2 aromatic rings. The Morgan fingerprint density at radius 3 is 2.39 bits per heavy atom. The molecular weight excluding hydrogens is 336 g/mol. The average Bonchev–Trinajstić information content (AvgIpc) is 2.55. The summed E-state index contributed by atoms with van der Waals surface area (Å²) in [7, 11) is -3.78. The van der Waals surface area contributed by atoms with Crippen molar-refractivity contribution in [1.29, 1.82) is 0 Å². The topological polar surface area (TPSA) is 75.3 Å². The number of benzene rings is 2. The van der Waals surface area contributed by atoms with Crippen LogP contribution >= 0.6 is 11.6 Å². The summed E-state index contributed by atoms with van der Waals surface area (Å²) >= 11 is 5.95. The lowest BCUT2D eigenvalue weighted by Crippen LogP contribution is -2.23. The van der Waals surface area contributed by atoms with Gasteiger partial charge in [-0.25, -0.2) is 8.42 Å². The number of sulfonamides is 1. The van der Waals surface area contributed by atoms with Crippen molar-refractivity contribution < 1.29 is 13.2 Å². The van der Waals surface area contributed by atoms with E-state index in [2.05, 4.69) is 16.6 Å². The molecule has 0 aliphatic heterocycles. The number of anilines is 1. The van der Waals surface area contributed by atoms with Gasteiger partial charge < -0.3 is 5.32 Å². The third kappa shape index (κ3) is 4.34. The van der Waals surface area contributed by atoms with Crippen molar-refractivity contribution in [2.45, 2.75) is 4.90 Å². The van der Waals surface area contributed by atoms with Crippen molar-refractivity contribution in [3.05, 3.63) is 71.8 Å². The molecule has 0 radical (unpaired) electrons. The molecule has 0 unspecified atom stereocenters. The molecule has 0 aliphatic carbocycles. The van der Waals surface area contributed by atoms with Crippen LogP contribution in [0, 0.1) is 0 Å². The SMILES string of the molecule is C=CCNC(=O)c1ccc(S(=O)(=O)Nc2ccccc2Cl)cc1. The molecule has 0 spiro atoms. The molecule has 0 bridgehead atoms. The van der Waals surface area contributed by atoms with Crippen molar-refractivity contribution in [3.8, 4) is 0 Å². The second-order valence-electron chi connectivity index (χ2n) is 4.61. The van der Waals surface area contributed by atoms with E-state index < -0.39 is 10.0 Å². The lowest BCUT2D eigenvalue weighted by molar-refractivity contribution is 0.0958. The van der Waals surface area contributed by atoms with Crippen molar-refractivity contribution in [2.24, 2.45) is 0 Å². The summed E-state index contributed by atoms with van der Waals surface area (Å²) in [5.41, 5.74) is 0.658. The van der Waals surface area contributed by atoms with Crippen LogP contribution in [0.1, 0.15) is 10.4 Å². The maximum Gasteiger partial charge on any atom is 0.261 e. The molecule has 7 heteroatoms. The molecule has 2 rings (SSSR count). The van der Waals surface area contributed by atoms with Crippen LogP contribution in [-0.2, 0) is 10.0 Å². The standard InChI is InChI=1S/C16H15ClN2O3S/c1-2-11-18-16(20)12-7-9-13(10-8-12)23(21,22)19-15-6-4-3-5-14(15)17/h2-10,19H,1,11H2,(H,18,20). The second kappa shape index (κ2) is 7.30. The first-order valence-corrected chi connectivity index (χ1v) is 8.56. The highest BCUT2D eigenvalue weighted by atomic mass is 35.5. The molecule has 2 aromatic carbocycles. The van der Waals surface area contributed by atoms with Gasteiger partial charge in [0.25, 0.3) is 15.9 Å². The molecule has 1 amide bonds. The Hall–Kier alpha value is -2.31. The molecule has 0 atom stereocenters. The molecule has 0 fully saturated rings. The largest absolute Gasteiger partial charge is 0.349 e. The van der Waals surface area contributed by atoms with Crippen LogP contribution in [0.2, 0.25) is 5.02 Å². The Labute approximate surface area is 140 Å². The average molecular weight is 351 g/mol. The number of para-hydroxylation sites is 1. The minimum Gasteiger partial charge on any atom is -0.349 e. The molecular formula is C16H15ClN2O3S. The summed E-state index contributed by atoms with van der Waals surface area (Å²) in [4.78, 5) is 11.8. The van der Waals surface area contributed by atoms with E-state index >= 15 is 0 Å². The zero-order chi connectivity index (χ0) is 16.9. The van der Waals surface area contributed by atoms with E-state index in [9.17, 15) is 13.2 Å². The zero-order valence-corrected chi connectivity index (χ0v) is 13.7. The monoisotopic (exact) mass is 350 g/mol. The predicted octanol–water partition coefficient (Wildman–Crippen LogP) is 3.06. The number of carbonyl (C=O) groups is 1. The van der Waals surface area contributed by atoms with Crippen LogP contribution in [0.25, 0.3) is 0 Å². The van der Waals surface area contributed by atoms with Gasteiger partial charge in [0, 0.05) is 12.1 Å². The van der Waals surface area contributed by atoms with Crippen molar-refractivity contribution >= 4 is 33.2 Å². The van der Waals surface area contributed by atoms with E-state index in [0.717, 1.165) is 0 Å². The second-order valence-corrected chi connectivity index (χ2v) is 6.70. The van der Waals surface area contributed by atoms with Gasteiger partial charge >= 0.3 is 0 Å². The van der Waals surface area contributed by atoms with Gasteiger partial charge in [-0.1, -0.05) is 29.8 Å². The van der Waals surface area contributed by atoms with Crippen LogP contribution in [0.15, 0.2) is 66.1 Å². The smallest absolute Gasteiger partial charge is 0.261 e. The van der Waals surface area contributed by atoms with Gasteiger partial charge in [-0.3, -0.25) is 9.52 Å². The number of nitrogens with one attached hydrogen (secondary N) is 2. The highest BCUT2D eigenvalue weighted by Gasteiger charge is 2.16. The molecule has 0 saturated heterocycles. The van der Waals surface area contributed by atoms with Gasteiger partial charge in [-0.05, 0) is 36.4 Å². The summed E-state index contributed by atoms with van der Waals surface area (Å²) < 4.78 is 27.1. The van der Waals surface area contributed by atoms with Crippen molar-refractivity contribution in [1.82, 2.24) is 5.32 Å². The Morgan fingerprint density at radius 2 is 1.78 bits per heavy atom. The van der Waals surface area contributed by atoms with E-state index in [4.69, 9.17) is 11.6 Å². The van der Waals surface area contributed by atoms with Gasteiger partial charge in [0.05, 0.1) is 15.6 Å². The number of halogens is 1. The molecule has 0 heterocycles. The molecule has 120 valence electrons. The van der Waals surface area contributed by atoms with E-state index in [1.165, 1.54) is 24.3 Å². The summed E-state index contributed by atoms with van der Waals surface area (Å²) in [6, 6.07) is 12.2. The fourth-order valence-electron chi connectivity index (χ4n) is 1.80. The van der Waals surface area contributed by atoms with Crippen LogP contribution in [0.4, 0.5) is 5.69 Å². The molecule has 0 saturated carbocycles. The number of carbonyl (C=O) groups excluding carboxylic acids is 1. The lowest BCUT2D eigenvalue weighted by atomic mass is 10.2. The highest BCUT2D eigenvalue weighted by Crippen LogP contribution is 2.24. The third-order valence-corrected chi connectivity index (χ3v) is 4.66. The Morgan fingerprint density at radius 1 is 1.13 bits per heavy atom. The zero-order valence-electron chi connectivity index (χ0n) is 12.1. The molecule has 2 N–H and O–H groups in total.